The van der Waals surface area contributed by atoms with Gasteiger partial charge in [0.05, 0.1) is 23.1 Å². The molecule has 2 amide bonds. The van der Waals surface area contributed by atoms with Crippen LogP contribution in [0.15, 0.2) is 33.9 Å². The molecule has 1 aromatic heterocycles. The molecular formula is C22H28N6O4. The van der Waals surface area contributed by atoms with E-state index in [0.29, 0.717) is 29.5 Å². The van der Waals surface area contributed by atoms with Crippen molar-refractivity contribution in [2.24, 2.45) is 11.8 Å². The summed E-state index contributed by atoms with van der Waals surface area (Å²) < 4.78 is 1.37. The van der Waals surface area contributed by atoms with Crippen LogP contribution in [0.2, 0.25) is 0 Å². The Hall–Kier alpha value is -2.98. The topological polar surface area (TPSA) is 128 Å². The zero-order valence-corrected chi connectivity index (χ0v) is 17.8. The molecule has 1 aliphatic carbocycles. The van der Waals surface area contributed by atoms with Crippen LogP contribution in [0.1, 0.15) is 32.1 Å². The van der Waals surface area contributed by atoms with Gasteiger partial charge in [-0.05, 0) is 25.0 Å². The molecule has 3 heterocycles. The first-order valence-electron chi connectivity index (χ1n) is 11.3. The predicted molar refractivity (Wildman–Crippen MR) is 117 cm³/mol. The number of rotatable bonds is 5. The van der Waals surface area contributed by atoms with Crippen LogP contribution in [0, 0.1) is 11.8 Å². The summed E-state index contributed by atoms with van der Waals surface area (Å²) in [7, 11) is 0. The number of hydrazine groups is 1. The van der Waals surface area contributed by atoms with Crippen molar-refractivity contribution in [1.29, 1.82) is 0 Å². The monoisotopic (exact) mass is 440 g/mol. The predicted octanol–water partition coefficient (Wildman–Crippen LogP) is -0.353. The first-order valence-corrected chi connectivity index (χ1v) is 11.3. The third kappa shape index (κ3) is 3.73. The van der Waals surface area contributed by atoms with Gasteiger partial charge >= 0.3 is 11.1 Å². The number of benzene rings is 1. The molecule has 5 rings (SSSR count). The minimum atomic E-state index is -0.689. The molecule has 170 valence electrons. The molecule has 4 unspecified atom stereocenters. The molecule has 2 aliphatic heterocycles. The third-order valence-electron chi connectivity index (χ3n) is 7.02. The van der Waals surface area contributed by atoms with Gasteiger partial charge in [0, 0.05) is 38.0 Å². The van der Waals surface area contributed by atoms with E-state index < -0.39 is 17.0 Å². The summed E-state index contributed by atoms with van der Waals surface area (Å²) in [6.45, 7) is 0.767. The lowest BCUT2D eigenvalue weighted by molar-refractivity contribution is -0.131. The summed E-state index contributed by atoms with van der Waals surface area (Å²) in [5.74, 6) is -0.243. The Morgan fingerprint density at radius 1 is 1.09 bits per heavy atom. The lowest BCUT2D eigenvalue weighted by Gasteiger charge is -2.32. The lowest BCUT2D eigenvalue weighted by atomic mass is 9.84. The smallest absolute Gasteiger partial charge is 0.316 e. The molecule has 32 heavy (non-hydrogen) atoms. The molecule has 3 fully saturated rings. The zero-order valence-electron chi connectivity index (χ0n) is 17.8. The van der Waals surface area contributed by atoms with Crippen molar-refractivity contribution in [1.82, 2.24) is 30.6 Å². The fraction of sp³-hybridized carbons (Fsp3) is 0.545. The number of carbonyl (C=O) groups excluding carboxylic acids is 2. The number of para-hydroxylation sites is 2. The van der Waals surface area contributed by atoms with Gasteiger partial charge in [-0.2, -0.15) is 0 Å². The molecule has 3 aliphatic rings. The Balaban J connectivity index is 1.21. The number of nitrogens with one attached hydrogen (secondary N) is 4. The summed E-state index contributed by atoms with van der Waals surface area (Å²) in [6, 6.07) is 7.44. The molecule has 2 saturated heterocycles. The van der Waals surface area contributed by atoms with Crippen LogP contribution in [-0.2, 0) is 16.1 Å². The maximum absolute atomic E-state index is 12.8. The van der Waals surface area contributed by atoms with Crippen molar-refractivity contribution in [3.63, 3.8) is 0 Å². The van der Waals surface area contributed by atoms with Crippen LogP contribution in [0.4, 0.5) is 0 Å². The Morgan fingerprint density at radius 2 is 1.91 bits per heavy atom. The number of amides is 2. The summed E-state index contributed by atoms with van der Waals surface area (Å²) >= 11 is 0. The zero-order chi connectivity index (χ0) is 22.2. The molecule has 0 bridgehead atoms. The highest BCUT2D eigenvalue weighted by atomic mass is 16.2. The second-order valence-corrected chi connectivity index (χ2v) is 8.95. The molecule has 10 nitrogen and oxygen atoms in total. The molecule has 1 saturated carbocycles. The second kappa shape index (κ2) is 8.51. The maximum atomic E-state index is 12.8. The number of carbonyl (C=O) groups is 2. The number of hydrogen-bond donors (Lipinski definition) is 4. The quantitative estimate of drug-likeness (QED) is 0.471. The minimum absolute atomic E-state index is 0.00696. The first-order chi connectivity index (χ1) is 15.5. The number of aromatic nitrogens is 2. The molecule has 0 radical (unpaired) electrons. The second-order valence-electron chi connectivity index (χ2n) is 8.95. The van der Waals surface area contributed by atoms with Gasteiger partial charge in [-0.3, -0.25) is 24.6 Å². The van der Waals surface area contributed by atoms with E-state index in [9.17, 15) is 19.2 Å². The van der Waals surface area contributed by atoms with Crippen molar-refractivity contribution in [3.05, 3.63) is 45.0 Å². The molecule has 4 N–H and O–H groups in total. The van der Waals surface area contributed by atoms with Crippen molar-refractivity contribution in [3.8, 4) is 0 Å². The maximum Gasteiger partial charge on any atom is 0.316 e. The van der Waals surface area contributed by atoms with E-state index in [-0.39, 0.29) is 37.5 Å². The van der Waals surface area contributed by atoms with Gasteiger partial charge < -0.3 is 19.8 Å². The van der Waals surface area contributed by atoms with E-state index in [4.69, 9.17) is 0 Å². The van der Waals surface area contributed by atoms with E-state index >= 15 is 0 Å². The highest BCUT2D eigenvalue weighted by Crippen LogP contribution is 2.34. The fourth-order valence-electron chi connectivity index (χ4n) is 5.38. The summed E-state index contributed by atoms with van der Waals surface area (Å²) in [5.41, 5.74) is 6.43. The van der Waals surface area contributed by atoms with Crippen LogP contribution in [-0.4, -0.2) is 51.6 Å². The Labute approximate surface area is 184 Å². The molecule has 10 heteroatoms. The van der Waals surface area contributed by atoms with Crippen LogP contribution in [0.25, 0.3) is 11.0 Å². The average molecular weight is 441 g/mol. The lowest BCUT2D eigenvalue weighted by Crippen LogP contribution is -2.48. The van der Waals surface area contributed by atoms with Gasteiger partial charge in [-0.15, -0.1) is 0 Å². The van der Waals surface area contributed by atoms with Crippen molar-refractivity contribution < 1.29 is 9.59 Å². The van der Waals surface area contributed by atoms with E-state index in [2.05, 4.69) is 21.2 Å². The van der Waals surface area contributed by atoms with Crippen LogP contribution >= 0.6 is 0 Å². The van der Waals surface area contributed by atoms with Crippen LogP contribution in [0.3, 0.4) is 0 Å². The average Bonchev–Trinajstić information content (AvgIpc) is 3.39. The van der Waals surface area contributed by atoms with Crippen molar-refractivity contribution in [2.45, 2.75) is 50.9 Å². The largest absolute Gasteiger partial charge is 0.354 e. The standard InChI is InChI=1S/C22H28N6O4/c29-18-11-13(12-28(18)19-14-5-1-2-6-15(14)25-26-19)20(30)23-9-10-27-17-8-4-3-7-16(17)24-21(31)22(27)32/h3-4,7-8,13-15,19,25-26H,1-2,5-6,9-12H2,(H,23,30)(H,24,31). The van der Waals surface area contributed by atoms with Gasteiger partial charge in [0.15, 0.2) is 0 Å². The fourth-order valence-corrected chi connectivity index (χ4v) is 5.38. The van der Waals surface area contributed by atoms with Crippen LogP contribution < -0.4 is 27.3 Å². The summed E-state index contributed by atoms with van der Waals surface area (Å²) in [4.78, 5) is 54.0. The minimum Gasteiger partial charge on any atom is -0.354 e. The molecule has 2 aromatic rings. The summed E-state index contributed by atoms with van der Waals surface area (Å²) in [5, 5.41) is 2.85. The number of aromatic amines is 1. The molecule has 1 aromatic carbocycles. The van der Waals surface area contributed by atoms with Crippen molar-refractivity contribution >= 4 is 22.8 Å². The Bertz CT molecular complexity index is 1160. The summed E-state index contributed by atoms with van der Waals surface area (Å²) in [6.07, 6.45) is 4.68. The number of likely N-dealkylation sites (tertiary alicyclic amines) is 1. The highest BCUT2D eigenvalue weighted by molar-refractivity contribution is 5.89. The SMILES string of the molecule is O=C(NCCn1c(=O)c(=O)[nH]c2ccccc21)C1CC(=O)N(C2NNC3CCCCC32)C1. The number of nitrogens with zero attached hydrogens (tertiary/aromatic N) is 2. The highest BCUT2D eigenvalue weighted by Gasteiger charge is 2.46. The van der Waals surface area contributed by atoms with E-state index in [1.54, 1.807) is 24.3 Å². The van der Waals surface area contributed by atoms with E-state index in [1.807, 2.05) is 4.90 Å². The van der Waals surface area contributed by atoms with Gasteiger partial charge in [-0.25, -0.2) is 5.43 Å². The van der Waals surface area contributed by atoms with Gasteiger partial charge in [0.25, 0.3) is 0 Å². The molecule has 4 atom stereocenters. The van der Waals surface area contributed by atoms with Crippen LogP contribution in [0.5, 0.6) is 0 Å². The van der Waals surface area contributed by atoms with Gasteiger partial charge in [0.1, 0.15) is 0 Å². The number of fused-ring (bicyclic) bond motifs is 2. The normalized spacial score (nSPS) is 27.6. The van der Waals surface area contributed by atoms with Gasteiger partial charge in [-0.1, -0.05) is 25.0 Å². The Kier molecular flexibility index (Phi) is 5.56. The molecule has 0 spiro atoms. The number of H-pyrrole nitrogens is 1. The van der Waals surface area contributed by atoms with E-state index in [0.717, 1.165) is 12.8 Å². The molecular weight excluding hydrogens is 412 g/mol. The first kappa shape index (κ1) is 20.9. The van der Waals surface area contributed by atoms with Gasteiger partial charge in [0.2, 0.25) is 11.8 Å². The third-order valence-corrected chi connectivity index (χ3v) is 7.02. The Morgan fingerprint density at radius 3 is 2.78 bits per heavy atom. The number of hydrogen-bond acceptors (Lipinski definition) is 6. The van der Waals surface area contributed by atoms with E-state index in [1.165, 1.54) is 17.4 Å². The van der Waals surface area contributed by atoms with Crippen molar-refractivity contribution in [2.75, 3.05) is 13.1 Å².